The van der Waals surface area contributed by atoms with Gasteiger partial charge in [-0.05, 0) is 24.8 Å². The highest BCUT2D eigenvalue weighted by atomic mass is 16.6. The highest BCUT2D eigenvalue weighted by Gasteiger charge is 2.24. The Morgan fingerprint density at radius 1 is 1.29 bits per heavy atom. The maximum Gasteiger partial charge on any atom is 0.341 e. The van der Waals surface area contributed by atoms with E-state index in [1.165, 1.54) is 12.1 Å². The summed E-state index contributed by atoms with van der Waals surface area (Å²) in [6, 6.07) is 3.96. The van der Waals surface area contributed by atoms with Crippen molar-refractivity contribution in [1.29, 1.82) is 0 Å². The molecular formula is C19H27N3O6. The summed E-state index contributed by atoms with van der Waals surface area (Å²) < 4.78 is 10.0. The van der Waals surface area contributed by atoms with Gasteiger partial charge in [-0.25, -0.2) is 4.79 Å². The Hall–Kier alpha value is -2.68. The highest BCUT2D eigenvalue weighted by Crippen LogP contribution is 2.24. The van der Waals surface area contributed by atoms with Crippen molar-refractivity contribution in [2.45, 2.75) is 38.6 Å². The lowest BCUT2D eigenvalue weighted by Gasteiger charge is -2.29. The number of hydrogen-bond donors (Lipinski definition) is 2. The Morgan fingerprint density at radius 3 is 2.71 bits per heavy atom. The fourth-order valence-electron chi connectivity index (χ4n) is 3.24. The standard InChI is InChI=1S/C19H27N3O6/c1-13-5-3-4-6-16(13)21-18(23)12-28-19(24)15-11-14(22(25)26)7-8-17(15)20-9-10-27-2/h7-8,11,13,16,20H,3-6,9-10,12H2,1-2H3,(H,21,23)/t13-,16+/m0/s1. The first-order valence-corrected chi connectivity index (χ1v) is 9.40. The Bertz CT molecular complexity index is 709. The zero-order chi connectivity index (χ0) is 20.5. The zero-order valence-corrected chi connectivity index (χ0v) is 16.2. The van der Waals surface area contributed by atoms with E-state index in [9.17, 15) is 19.7 Å². The molecule has 0 radical (unpaired) electrons. The number of anilines is 1. The first-order chi connectivity index (χ1) is 13.4. The van der Waals surface area contributed by atoms with Gasteiger partial charge in [-0.3, -0.25) is 14.9 Å². The molecule has 154 valence electrons. The summed E-state index contributed by atoms with van der Waals surface area (Å²) in [4.78, 5) is 35.0. The lowest BCUT2D eigenvalue weighted by molar-refractivity contribution is -0.384. The van der Waals surface area contributed by atoms with Gasteiger partial charge < -0.3 is 20.1 Å². The van der Waals surface area contributed by atoms with Gasteiger partial charge in [0.15, 0.2) is 6.61 Å². The molecule has 0 unspecified atom stereocenters. The van der Waals surface area contributed by atoms with Gasteiger partial charge in [0.1, 0.15) is 0 Å². The van der Waals surface area contributed by atoms with Crippen molar-refractivity contribution in [2.24, 2.45) is 5.92 Å². The van der Waals surface area contributed by atoms with E-state index in [-0.39, 0.29) is 23.2 Å². The summed E-state index contributed by atoms with van der Waals surface area (Å²) in [5.41, 5.74) is 0.155. The number of nitro groups is 1. The van der Waals surface area contributed by atoms with Crippen molar-refractivity contribution >= 4 is 23.3 Å². The molecular weight excluding hydrogens is 366 g/mol. The van der Waals surface area contributed by atoms with Crippen LogP contribution in [-0.2, 0) is 14.3 Å². The van der Waals surface area contributed by atoms with Gasteiger partial charge >= 0.3 is 5.97 Å². The molecule has 2 rings (SSSR count). The number of amides is 1. The van der Waals surface area contributed by atoms with Crippen LogP contribution in [0.15, 0.2) is 18.2 Å². The number of carbonyl (C=O) groups is 2. The van der Waals surface area contributed by atoms with Crippen LogP contribution >= 0.6 is 0 Å². The number of nitro benzene ring substituents is 1. The van der Waals surface area contributed by atoms with Crippen molar-refractivity contribution in [1.82, 2.24) is 5.32 Å². The number of rotatable bonds is 9. The molecule has 0 saturated heterocycles. The minimum atomic E-state index is -0.796. The number of esters is 1. The molecule has 0 aromatic heterocycles. The molecule has 1 amide bonds. The minimum Gasteiger partial charge on any atom is -0.452 e. The lowest BCUT2D eigenvalue weighted by Crippen LogP contribution is -2.42. The van der Waals surface area contributed by atoms with E-state index < -0.39 is 17.5 Å². The summed E-state index contributed by atoms with van der Waals surface area (Å²) in [7, 11) is 1.54. The number of hydrogen-bond acceptors (Lipinski definition) is 7. The minimum absolute atomic E-state index is 0.00383. The highest BCUT2D eigenvalue weighted by molar-refractivity contribution is 5.97. The molecule has 0 aliphatic heterocycles. The van der Waals surface area contributed by atoms with Crippen LogP contribution in [0.4, 0.5) is 11.4 Å². The van der Waals surface area contributed by atoms with Gasteiger partial charge in [-0.15, -0.1) is 0 Å². The molecule has 0 bridgehead atoms. The second-order valence-corrected chi connectivity index (χ2v) is 6.92. The lowest BCUT2D eigenvalue weighted by atomic mass is 9.86. The average molecular weight is 393 g/mol. The first kappa shape index (κ1) is 21.6. The number of benzene rings is 1. The van der Waals surface area contributed by atoms with Gasteiger partial charge in [0.25, 0.3) is 11.6 Å². The molecule has 9 heteroatoms. The predicted molar refractivity (Wildman–Crippen MR) is 103 cm³/mol. The third-order valence-electron chi connectivity index (χ3n) is 4.85. The third-order valence-corrected chi connectivity index (χ3v) is 4.85. The molecule has 1 aliphatic carbocycles. The van der Waals surface area contributed by atoms with Gasteiger partial charge in [-0.2, -0.15) is 0 Å². The van der Waals surface area contributed by atoms with E-state index in [1.807, 2.05) is 0 Å². The molecule has 1 aliphatic rings. The van der Waals surface area contributed by atoms with Crippen LogP contribution in [0.25, 0.3) is 0 Å². The monoisotopic (exact) mass is 393 g/mol. The molecule has 1 aromatic rings. The fraction of sp³-hybridized carbons (Fsp3) is 0.579. The smallest absolute Gasteiger partial charge is 0.341 e. The van der Waals surface area contributed by atoms with Gasteiger partial charge in [0, 0.05) is 37.5 Å². The van der Waals surface area contributed by atoms with Crippen molar-refractivity contribution in [3.8, 4) is 0 Å². The fourth-order valence-corrected chi connectivity index (χ4v) is 3.24. The number of methoxy groups -OCH3 is 1. The first-order valence-electron chi connectivity index (χ1n) is 9.40. The number of nitrogens with one attached hydrogen (secondary N) is 2. The Balaban J connectivity index is 1.99. The largest absolute Gasteiger partial charge is 0.452 e. The van der Waals surface area contributed by atoms with Crippen LogP contribution in [0, 0.1) is 16.0 Å². The molecule has 1 saturated carbocycles. The molecule has 1 aromatic carbocycles. The van der Waals surface area contributed by atoms with Crippen LogP contribution in [0.2, 0.25) is 0 Å². The van der Waals surface area contributed by atoms with E-state index in [2.05, 4.69) is 17.6 Å². The Morgan fingerprint density at radius 2 is 2.04 bits per heavy atom. The summed E-state index contributed by atoms with van der Waals surface area (Å²) in [5.74, 6) is -0.774. The van der Waals surface area contributed by atoms with Crippen LogP contribution < -0.4 is 10.6 Å². The van der Waals surface area contributed by atoms with Crippen LogP contribution in [-0.4, -0.2) is 49.7 Å². The Kier molecular flexibility index (Phi) is 8.19. The van der Waals surface area contributed by atoms with E-state index in [1.54, 1.807) is 7.11 Å². The van der Waals surface area contributed by atoms with Gasteiger partial charge in [-0.1, -0.05) is 19.8 Å². The molecule has 2 atom stereocenters. The quantitative estimate of drug-likeness (QED) is 0.286. The van der Waals surface area contributed by atoms with Crippen LogP contribution in [0.5, 0.6) is 0 Å². The summed E-state index contributed by atoms with van der Waals surface area (Å²) in [6.45, 7) is 2.47. The molecule has 9 nitrogen and oxygen atoms in total. The number of nitrogens with zero attached hydrogens (tertiary/aromatic N) is 1. The molecule has 0 spiro atoms. The normalized spacial score (nSPS) is 18.9. The average Bonchev–Trinajstić information content (AvgIpc) is 2.68. The van der Waals surface area contributed by atoms with Crippen molar-refractivity contribution in [3.63, 3.8) is 0 Å². The predicted octanol–water partition coefficient (Wildman–Crippen LogP) is 2.50. The zero-order valence-electron chi connectivity index (χ0n) is 16.2. The molecule has 2 N–H and O–H groups in total. The number of ether oxygens (including phenoxy) is 2. The van der Waals surface area contributed by atoms with Crippen molar-refractivity contribution < 1.29 is 24.0 Å². The van der Waals surface area contributed by atoms with Gasteiger partial charge in [0.2, 0.25) is 0 Å². The van der Waals surface area contributed by atoms with Crippen molar-refractivity contribution in [3.05, 3.63) is 33.9 Å². The Labute approximate surface area is 163 Å². The molecule has 0 heterocycles. The van der Waals surface area contributed by atoms with E-state index in [0.717, 1.165) is 31.7 Å². The van der Waals surface area contributed by atoms with E-state index in [4.69, 9.17) is 9.47 Å². The van der Waals surface area contributed by atoms with E-state index in [0.29, 0.717) is 24.8 Å². The van der Waals surface area contributed by atoms with Crippen LogP contribution in [0.3, 0.4) is 0 Å². The number of carbonyl (C=O) groups excluding carboxylic acids is 2. The van der Waals surface area contributed by atoms with E-state index >= 15 is 0 Å². The third kappa shape index (κ3) is 6.19. The summed E-state index contributed by atoms with van der Waals surface area (Å²) >= 11 is 0. The maximum atomic E-state index is 12.4. The number of non-ortho nitro benzene ring substituents is 1. The summed E-state index contributed by atoms with van der Waals surface area (Å²) in [6.07, 6.45) is 4.21. The van der Waals surface area contributed by atoms with Crippen molar-refractivity contribution in [2.75, 3.05) is 32.2 Å². The second-order valence-electron chi connectivity index (χ2n) is 6.92. The van der Waals surface area contributed by atoms with Gasteiger partial charge in [0.05, 0.1) is 17.1 Å². The maximum absolute atomic E-state index is 12.4. The molecule has 1 fully saturated rings. The summed E-state index contributed by atoms with van der Waals surface area (Å²) in [5, 5.41) is 16.9. The topological polar surface area (TPSA) is 120 Å². The second kappa shape index (κ2) is 10.6. The SMILES string of the molecule is COCCNc1ccc([N+](=O)[O-])cc1C(=O)OCC(=O)N[C@@H]1CCCC[C@@H]1C. The van der Waals surface area contributed by atoms with Crippen LogP contribution in [0.1, 0.15) is 43.0 Å². The molecule has 28 heavy (non-hydrogen) atoms.